The van der Waals surface area contributed by atoms with E-state index in [0.717, 1.165) is 17.2 Å². The summed E-state index contributed by atoms with van der Waals surface area (Å²) in [5.41, 5.74) is 3.80. The van der Waals surface area contributed by atoms with Gasteiger partial charge in [0.05, 0.1) is 17.9 Å². The first-order valence-corrected chi connectivity index (χ1v) is 19.4. The van der Waals surface area contributed by atoms with Gasteiger partial charge in [-0.15, -0.1) is 0 Å². The Hall–Kier alpha value is -4.76. The maximum atomic E-state index is 14.3. The third kappa shape index (κ3) is 6.89. The van der Waals surface area contributed by atoms with Crippen molar-refractivity contribution in [3.63, 3.8) is 0 Å². The molecule has 0 bridgehead atoms. The third-order valence-corrected chi connectivity index (χ3v) is 10.0. The number of amides is 2. The Labute approximate surface area is 269 Å². The normalized spacial score (nSPS) is 16.0. The number of aromatic nitrogens is 1. The summed E-state index contributed by atoms with van der Waals surface area (Å²) in [6.07, 6.45) is 5.83. The van der Waals surface area contributed by atoms with Gasteiger partial charge in [0.15, 0.2) is 5.75 Å². The van der Waals surface area contributed by atoms with E-state index in [2.05, 4.69) is 25.0 Å². The predicted octanol–water partition coefficient (Wildman–Crippen LogP) is 8.68. The molecule has 46 heavy (non-hydrogen) atoms. The van der Waals surface area contributed by atoms with E-state index in [1.165, 1.54) is 6.08 Å². The zero-order chi connectivity index (χ0) is 32.3. The van der Waals surface area contributed by atoms with Crippen molar-refractivity contribution in [1.29, 1.82) is 0 Å². The van der Waals surface area contributed by atoms with Crippen LogP contribution in [0.2, 0.25) is 25.7 Å². The zero-order valence-corrected chi connectivity index (χ0v) is 27.3. The molecule has 0 saturated heterocycles. The second-order valence-electron chi connectivity index (χ2n) is 13.0. The maximum absolute atomic E-state index is 14.3. The number of nitrogens with one attached hydrogen (secondary N) is 1. The van der Waals surface area contributed by atoms with Crippen LogP contribution in [0.4, 0.5) is 14.9 Å². The van der Waals surface area contributed by atoms with Crippen molar-refractivity contribution in [2.24, 2.45) is 5.92 Å². The molecule has 6 rings (SSSR count). The van der Waals surface area contributed by atoms with Crippen molar-refractivity contribution in [2.75, 3.05) is 18.5 Å². The molecule has 4 aromatic rings. The van der Waals surface area contributed by atoms with Crippen LogP contribution in [0.15, 0.2) is 103 Å². The lowest BCUT2D eigenvalue weighted by Gasteiger charge is -2.24. The fourth-order valence-electron chi connectivity index (χ4n) is 5.89. The van der Waals surface area contributed by atoms with E-state index < -0.39 is 20.3 Å². The topological polar surface area (TPSA) is 80.8 Å². The first-order chi connectivity index (χ1) is 22.2. The molecule has 0 radical (unpaired) electrons. The van der Waals surface area contributed by atoms with Crippen molar-refractivity contribution in [2.45, 2.75) is 44.8 Å². The lowest BCUT2D eigenvalue weighted by molar-refractivity contribution is 0.0758. The molecule has 1 atom stereocenters. The first-order valence-electron chi connectivity index (χ1n) is 15.6. The van der Waals surface area contributed by atoms with Gasteiger partial charge in [-0.1, -0.05) is 86.4 Å². The fourth-order valence-corrected chi connectivity index (χ4v) is 6.60. The fraction of sp³-hybridized carbons (Fsp3) is 0.270. The second-order valence-corrected chi connectivity index (χ2v) is 18.6. The number of ether oxygens (including phenoxy) is 2. The maximum Gasteiger partial charge on any atom is 0.411 e. The molecule has 1 aliphatic carbocycles. The van der Waals surface area contributed by atoms with Gasteiger partial charge in [0.2, 0.25) is 0 Å². The largest absolute Gasteiger partial charge is 0.478 e. The number of carbonyl (C=O) groups is 2. The number of pyridine rings is 1. The monoisotopic (exact) mass is 635 g/mol. The van der Waals surface area contributed by atoms with Gasteiger partial charge in [-0.3, -0.25) is 15.1 Å². The molecular weight excluding hydrogens is 598 g/mol. The lowest BCUT2D eigenvalue weighted by atomic mass is 9.99. The van der Waals surface area contributed by atoms with Crippen molar-refractivity contribution in [3.05, 3.63) is 125 Å². The van der Waals surface area contributed by atoms with Crippen LogP contribution in [-0.4, -0.2) is 43.1 Å². The zero-order valence-electron chi connectivity index (χ0n) is 26.3. The molecule has 7 nitrogen and oxygen atoms in total. The number of allylic oxidation sites excluding steroid dienone is 3. The summed E-state index contributed by atoms with van der Waals surface area (Å²) in [7, 11) is -1.42. The quantitative estimate of drug-likeness (QED) is 0.176. The van der Waals surface area contributed by atoms with Gasteiger partial charge < -0.3 is 14.4 Å². The molecule has 236 valence electrons. The van der Waals surface area contributed by atoms with Crippen LogP contribution in [-0.2, 0) is 11.3 Å². The van der Waals surface area contributed by atoms with Crippen LogP contribution in [0.3, 0.4) is 0 Å². The van der Waals surface area contributed by atoms with E-state index in [1.807, 2.05) is 66.7 Å². The van der Waals surface area contributed by atoms with E-state index in [-0.39, 0.29) is 24.2 Å². The van der Waals surface area contributed by atoms with Gasteiger partial charge in [0.25, 0.3) is 5.91 Å². The molecule has 0 spiro atoms. The van der Waals surface area contributed by atoms with Crippen LogP contribution in [0, 0.1) is 5.92 Å². The summed E-state index contributed by atoms with van der Waals surface area (Å²) in [5.74, 6) is -0.180. The molecule has 1 unspecified atom stereocenters. The molecular formula is C37H38FN3O4Si. The van der Waals surface area contributed by atoms with Gasteiger partial charge in [-0.05, 0) is 53.8 Å². The third-order valence-electron chi connectivity index (χ3n) is 8.32. The highest BCUT2D eigenvalue weighted by Crippen LogP contribution is 2.45. The average Bonchev–Trinajstić information content (AvgIpc) is 3.37. The number of carbonyl (C=O) groups excluding carboxylic acids is 2. The number of hydrogen-bond donors (Lipinski definition) is 1. The molecule has 1 aromatic heterocycles. The van der Waals surface area contributed by atoms with Crippen LogP contribution in [0.1, 0.15) is 39.6 Å². The van der Waals surface area contributed by atoms with E-state index in [1.54, 1.807) is 29.3 Å². The SMILES string of the molecule is C[Si](C)(C)CCOC(=O)Nc1c2c(c(OC(c3ccccc3)c3ccccc3)c3ncccc13)C(=O)N(CC1C=CC(F)=CC1)C2. The molecule has 1 N–H and O–H groups in total. The molecule has 2 heterocycles. The Balaban J connectivity index is 1.44. The van der Waals surface area contributed by atoms with Gasteiger partial charge >= 0.3 is 6.09 Å². The molecule has 2 amide bonds. The second kappa shape index (κ2) is 13.3. The molecule has 3 aromatic carbocycles. The summed E-state index contributed by atoms with van der Waals surface area (Å²) >= 11 is 0. The Morgan fingerprint density at radius 3 is 2.37 bits per heavy atom. The number of hydrogen-bond acceptors (Lipinski definition) is 5. The van der Waals surface area contributed by atoms with Crippen molar-refractivity contribution in [1.82, 2.24) is 9.88 Å². The Bertz CT molecular complexity index is 1770. The van der Waals surface area contributed by atoms with Crippen molar-refractivity contribution < 1.29 is 23.5 Å². The standard InChI is InChI=1S/C37H38FN3O4Si/c1-46(2,3)22-21-44-37(43)40-32-29-15-10-20-39-33(29)35(45-34(26-11-6-4-7-12-26)27-13-8-5-9-14-27)31-30(32)24-41(36(31)42)23-25-16-18-28(38)19-17-25/h4-16,18-20,25,34H,17,21-24H2,1-3H3,(H,40,43). The van der Waals surface area contributed by atoms with Gasteiger partial charge in [-0.25, -0.2) is 9.18 Å². The predicted molar refractivity (Wildman–Crippen MR) is 181 cm³/mol. The highest BCUT2D eigenvalue weighted by molar-refractivity contribution is 6.76. The molecule has 9 heteroatoms. The Morgan fingerprint density at radius 2 is 1.74 bits per heavy atom. The molecule has 0 saturated carbocycles. The smallest absolute Gasteiger partial charge is 0.411 e. The Morgan fingerprint density at radius 1 is 1.04 bits per heavy atom. The van der Waals surface area contributed by atoms with E-state index in [0.29, 0.717) is 53.0 Å². The molecule has 2 aliphatic rings. The van der Waals surface area contributed by atoms with E-state index >= 15 is 0 Å². The van der Waals surface area contributed by atoms with Crippen LogP contribution >= 0.6 is 0 Å². The Kier molecular flexibility index (Phi) is 9.03. The van der Waals surface area contributed by atoms with Crippen LogP contribution in [0.25, 0.3) is 10.9 Å². The summed E-state index contributed by atoms with van der Waals surface area (Å²) < 4.78 is 26.2. The highest BCUT2D eigenvalue weighted by atomic mass is 28.3. The number of benzene rings is 3. The van der Waals surface area contributed by atoms with Gasteiger partial charge in [0, 0.05) is 38.3 Å². The van der Waals surface area contributed by atoms with Crippen LogP contribution in [0.5, 0.6) is 5.75 Å². The van der Waals surface area contributed by atoms with Crippen molar-refractivity contribution >= 4 is 36.7 Å². The highest BCUT2D eigenvalue weighted by Gasteiger charge is 2.38. The van der Waals surface area contributed by atoms with Crippen LogP contribution < -0.4 is 10.1 Å². The minimum absolute atomic E-state index is 0.0426. The van der Waals surface area contributed by atoms with Gasteiger partial charge in [0.1, 0.15) is 17.4 Å². The lowest BCUT2D eigenvalue weighted by Crippen LogP contribution is -2.29. The average molecular weight is 636 g/mol. The summed E-state index contributed by atoms with van der Waals surface area (Å²) in [6.45, 7) is 7.63. The summed E-state index contributed by atoms with van der Waals surface area (Å²) in [4.78, 5) is 33.9. The van der Waals surface area contributed by atoms with Gasteiger partial charge in [-0.2, -0.15) is 0 Å². The number of rotatable bonds is 10. The minimum Gasteiger partial charge on any atom is -0.478 e. The number of nitrogens with zero attached hydrogens (tertiary/aromatic N) is 2. The summed E-state index contributed by atoms with van der Waals surface area (Å²) in [6, 6.07) is 24.2. The number of fused-ring (bicyclic) bond motifs is 2. The summed E-state index contributed by atoms with van der Waals surface area (Å²) in [5, 5.41) is 3.62. The minimum atomic E-state index is -1.42. The van der Waals surface area contributed by atoms with Crippen molar-refractivity contribution in [3.8, 4) is 5.75 Å². The number of halogens is 1. The number of anilines is 1. The molecule has 1 aliphatic heterocycles. The van der Waals surface area contributed by atoms with E-state index in [9.17, 15) is 14.0 Å². The van der Waals surface area contributed by atoms with E-state index in [4.69, 9.17) is 14.5 Å². The molecule has 0 fully saturated rings. The first kappa shape index (κ1) is 31.2.